The zero-order valence-electron chi connectivity index (χ0n) is 21.1. The number of rotatable bonds is 12. The number of oxazole rings is 1. The molecule has 3 N–H and O–H groups in total. The number of methoxy groups -OCH3 is 1. The maximum absolute atomic E-state index is 13.0. The Morgan fingerprint density at radius 3 is 2.64 bits per heavy atom. The molecule has 4 atom stereocenters. The molecular formula is C25H35N3O8. The minimum atomic E-state index is -1.04. The standard InChI is InChI=1S/C25H35N3O8/c1-16(23-27-18(12-29)14-33-23)10-11-26-22(30)21-20(35-25(2,3)36-21)19(15-32-4)28-24(31)34-13-17-8-6-5-7-9-17/h5-9,14,16,19-21,29H,10-13,15H2,1-4H3,(H,26,30)(H,28,31)/t16-,19-,20-,21-/m0/s1. The number of carbonyl (C=O) groups excluding carboxylic acids is 2. The Labute approximate surface area is 210 Å². The first-order valence-electron chi connectivity index (χ1n) is 11.9. The van der Waals surface area contributed by atoms with Gasteiger partial charge in [-0.25, -0.2) is 9.78 Å². The van der Waals surface area contributed by atoms with Gasteiger partial charge in [-0.3, -0.25) is 4.79 Å². The van der Waals surface area contributed by atoms with Gasteiger partial charge in [-0.1, -0.05) is 37.3 Å². The average Bonchev–Trinajstić information content (AvgIpc) is 3.47. The summed E-state index contributed by atoms with van der Waals surface area (Å²) in [5.74, 6) is -0.991. The van der Waals surface area contributed by atoms with Crippen LogP contribution in [0.3, 0.4) is 0 Å². The van der Waals surface area contributed by atoms with E-state index in [1.165, 1.54) is 13.4 Å². The van der Waals surface area contributed by atoms with Gasteiger partial charge >= 0.3 is 6.09 Å². The molecule has 1 aliphatic rings. The van der Waals surface area contributed by atoms with E-state index in [1.807, 2.05) is 37.3 Å². The van der Waals surface area contributed by atoms with E-state index in [4.69, 9.17) is 28.5 Å². The molecule has 1 aliphatic heterocycles. The topological polar surface area (TPSA) is 141 Å². The summed E-state index contributed by atoms with van der Waals surface area (Å²) in [5.41, 5.74) is 1.31. The van der Waals surface area contributed by atoms with Gasteiger partial charge in [0.15, 0.2) is 17.8 Å². The number of hydrogen-bond donors (Lipinski definition) is 3. The van der Waals surface area contributed by atoms with E-state index in [9.17, 15) is 9.59 Å². The average molecular weight is 506 g/mol. The van der Waals surface area contributed by atoms with Crippen LogP contribution in [0.4, 0.5) is 4.79 Å². The Morgan fingerprint density at radius 2 is 1.97 bits per heavy atom. The summed E-state index contributed by atoms with van der Waals surface area (Å²) in [6.45, 7) is 5.66. The summed E-state index contributed by atoms with van der Waals surface area (Å²) in [7, 11) is 1.49. The van der Waals surface area contributed by atoms with Crippen LogP contribution in [0.1, 0.15) is 50.3 Å². The van der Waals surface area contributed by atoms with Crippen molar-refractivity contribution in [3.05, 3.63) is 53.7 Å². The van der Waals surface area contributed by atoms with E-state index in [0.717, 1.165) is 5.56 Å². The molecule has 1 saturated heterocycles. The number of ether oxygens (including phenoxy) is 4. The zero-order valence-corrected chi connectivity index (χ0v) is 21.1. The normalized spacial score (nSPS) is 20.5. The second-order valence-corrected chi connectivity index (χ2v) is 9.10. The fourth-order valence-corrected chi connectivity index (χ4v) is 3.86. The Bertz CT molecular complexity index is 981. The van der Waals surface area contributed by atoms with Crippen molar-refractivity contribution >= 4 is 12.0 Å². The molecule has 11 heteroatoms. The van der Waals surface area contributed by atoms with Crippen molar-refractivity contribution in [1.29, 1.82) is 0 Å². The molecule has 1 aromatic carbocycles. The molecule has 1 fully saturated rings. The van der Waals surface area contributed by atoms with Gasteiger partial charge in [-0.15, -0.1) is 0 Å². The Balaban J connectivity index is 1.57. The second kappa shape index (κ2) is 12.8. The third-order valence-corrected chi connectivity index (χ3v) is 5.68. The zero-order chi connectivity index (χ0) is 26.1. The molecule has 0 aliphatic carbocycles. The monoisotopic (exact) mass is 505 g/mol. The third-order valence-electron chi connectivity index (χ3n) is 5.68. The highest BCUT2D eigenvalue weighted by molar-refractivity contribution is 5.82. The maximum Gasteiger partial charge on any atom is 0.407 e. The number of hydrogen-bond acceptors (Lipinski definition) is 9. The van der Waals surface area contributed by atoms with Gasteiger partial charge in [0.2, 0.25) is 0 Å². The lowest BCUT2D eigenvalue weighted by molar-refractivity contribution is -0.157. The number of aliphatic hydroxyl groups is 1. The fraction of sp³-hybridized carbons (Fsp3) is 0.560. The number of alkyl carbamates (subject to hydrolysis) is 1. The molecule has 36 heavy (non-hydrogen) atoms. The lowest BCUT2D eigenvalue weighted by atomic mass is 10.0. The van der Waals surface area contributed by atoms with Gasteiger partial charge in [-0.2, -0.15) is 0 Å². The largest absolute Gasteiger partial charge is 0.448 e. The Hall–Kier alpha value is -2.99. The van der Waals surface area contributed by atoms with Gasteiger partial charge in [0.25, 0.3) is 5.91 Å². The van der Waals surface area contributed by atoms with Gasteiger partial charge in [-0.05, 0) is 25.8 Å². The van der Waals surface area contributed by atoms with Gasteiger partial charge in [0.1, 0.15) is 24.7 Å². The predicted octanol–water partition coefficient (Wildman–Crippen LogP) is 2.24. The predicted molar refractivity (Wildman–Crippen MR) is 128 cm³/mol. The van der Waals surface area contributed by atoms with Crippen LogP contribution in [-0.2, 0) is 37.0 Å². The van der Waals surface area contributed by atoms with Crippen molar-refractivity contribution in [1.82, 2.24) is 15.6 Å². The van der Waals surface area contributed by atoms with Crippen LogP contribution < -0.4 is 10.6 Å². The summed E-state index contributed by atoms with van der Waals surface area (Å²) in [6.07, 6.45) is -0.470. The smallest absolute Gasteiger partial charge is 0.407 e. The molecule has 0 unspecified atom stereocenters. The Morgan fingerprint density at radius 1 is 1.22 bits per heavy atom. The number of benzene rings is 1. The molecule has 198 valence electrons. The van der Waals surface area contributed by atoms with Crippen molar-refractivity contribution in [2.45, 2.75) is 70.4 Å². The first kappa shape index (κ1) is 27.6. The molecule has 0 spiro atoms. The fourth-order valence-electron chi connectivity index (χ4n) is 3.86. The molecule has 11 nitrogen and oxygen atoms in total. The molecule has 3 rings (SSSR count). The van der Waals surface area contributed by atoms with Gasteiger partial charge in [0, 0.05) is 19.6 Å². The molecular weight excluding hydrogens is 470 g/mol. The van der Waals surface area contributed by atoms with Crippen LogP contribution in [0.2, 0.25) is 0 Å². The summed E-state index contributed by atoms with van der Waals surface area (Å²) in [5, 5.41) is 14.7. The molecule has 0 saturated carbocycles. The van der Waals surface area contributed by atoms with Crippen molar-refractivity contribution in [2.75, 3.05) is 20.3 Å². The van der Waals surface area contributed by atoms with Crippen molar-refractivity contribution in [2.24, 2.45) is 0 Å². The highest BCUT2D eigenvalue weighted by Crippen LogP contribution is 2.30. The van der Waals surface area contributed by atoms with Gasteiger partial charge in [0.05, 0.1) is 19.3 Å². The van der Waals surface area contributed by atoms with E-state index < -0.39 is 30.1 Å². The second-order valence-electron chi connectivity index (χ2n) is 9.10. The quantitative estimate of drug-likeness (QED) is 0.396. The van der Waals surface area contributed by atoms with Crippen molar-refractivity contribution in [3.8, 4) is 0 Å². The summed E-state index contributed by atoms with van der Waals surface area (Å²) < 4.78 is 27.8. The lowest BCUT2D eigenvalue weighted by Crippen LogP contribution is -2.54. The molecule has 2 heterocycles. The highest BCUT2D eigenvalue weighted by atomic mass is 16.8. The first-order chi connectivity index (χ1) is 17.2. The van der Waals surface area contributed by atoms with E-state index in [-0.39, 0.29) is 31.6 Å². The molecule has 1 aromatic heterocycles. The summed E-state index contributed by atoms with van der Waals surface area (Å²) >= 11 is 0. The number of aromatic nitrogens is 1. The molecule has 2 aromatic rings. The van der Waals surface area contributed by atoms with Crippen LogP contribution in [-0.4, -0.2) is 66.4 Å². The molecule has 0 bridgehead atoms. The summed E-state index contributed by atoms with van der Waals surface area (Å²) in [4.78, 5) is 29.7. The first-order valence-corrected chi connectivity index (χ1v) is 11.9. The number of nitrogens with zero attached hydrogens (tertiary/aromatic N) is 1. The molecule has 0 radical (unpaired) electrons. The van der Waals surface area contributed by atoms with Crippen molar-refractivity contribution < 1.29 is 38.1 Å². The lowest BCUT2D eigenvalue weighted by Gasteiger charge is -2.26. The number of aliphatic hydroxyl groups excluding tert-OH is 1. The van der Waals surface area contributed by atoms with Crippen molar-refractivity contribution in [3.63, 3.8) is 0 Å². The van der Waals surface area contributed by atoms with E-state index in [0.29, 0.717) is 24.6 Å². The van der Waals surface area contributed by atoms with Crippen LogP contribution in [0.5, 0.6) is 0 Å². The van der Waals surface area contributed by atoms with E-state index >= 15 is 0 Å². The van der Waals surface area contributed by atoms with Gasteiger partial charge < -0.3 is 39.1 Å². The highest BCUT2D eigenvalue weighted by Gasteiger charge is 2.49. The van der Waals surface area contributed by atoms with Crippen LogP contribution >= 0.6 is 0 Å². The minimum absolute atomic E-state index is 0.0686. The van der Waals surface area contributed by atoms with E-state index in [2.05, 4.69) is 15.6 Å². The number of nitrogens with one attached hydrogen (secondary N) is 2. The minimum Gasteiger partial charge on any atom is -0.448 e. The van der Waals surface area contributed by atoms with Crippen LogP contribution in [0, 0.1) is 0 Å². The van der Waals surface area contributed by atoms with E-state index in [1.54, 1.807) is 13.8 Å². The maximum atomic E-state index is 13.0. The number of amides is 2. The van der Waals surface area contributed by atoms with Crippen LogP contribution in [0.15, 0.2) is 41.0 Å². The SMILES string of the molecule is COC[C@H](NC(=O)OCc1ccccc1)[C@@H]1OC(C)(C)O[C@@H]1C(=O)NCC[C@H](C)c1nc(CO)co1. The Kier molecular flexibility index (Phi) is 9.82. The van der Waals surface area contributed by atoms with Crippen LogP contribution in [0.25, 0.3) is 0 Å². The molecule has 2 amide bonds. The number of carbonyl (C=O) groups is 2. The summed E-state index contributed by atoms with van der Waals surface area (Å²) in [6, 6.07) is 8.61. The third kappa shape index (κ3) is 7.76.